The SMILES string of the molecule is Cc1ccccc1.[Co+2].c1ccc(C2=N/C(=N\c3[n-]c(-c4ccccc4)c4ccccc34)c3ccccc32)cc1.c1ccc(C2=N/C(=N\c3[n-]c(-c4ccccc4)c4ccccc34)c3ccccc32)cc1. The molecule has 0 fully saturated rings. The fourth-order valence-electron chi connectivity index (χ4n) is 8.78. The molecule has 0 amide bonds. The van der Waals surface area contributed by atoms with Crippen molar-refractivity contribution in [1.82, 2.24) is 9.97 Å². The van der Waals surface area contributed by atoms with Crippen LogP contribution < -0.4 is 9.97 Å². The van der Waals surface area contributed by atoms with E-state index in [-0.39, 0.29) is 16.8 Å². The Morgan fingerprint density at radius 3 is 0.929 bits per heavy atom. The molecule has 7 heteroatoms. The zero-order valence-corrected chi connectivity index (χ0v) is 39.2. The first-order chi connectivity index (χ1) is 34.2. The Morgan fingerprint density at radius 1 is 0.300 bits per heavy atom. The molecule has 0 unspecified atom stereocenters. The zero-order valence-electron chi connectivity index (χ0n) is 38.2. The van der Waals surface area contributed by atoms with Gasteiger partial charge in [-0.2, -0.15) is 0 Å². The molecule has 0 spiro atoms. The smallest absolute Gasteiger partial charge is 0.435 e. The van der Waals surface area contributed by atoms with Gasteiger partial charge in [0.15, 0.2) is 0 Å². The largest absolute Gasteiger partial charge is 2.00 e. The summed E-state index contributed by atoms with van der Waals surface area (Å²) < 4.78 is 0. The first-order valence-corrected chi connectivity index (χ1v) is 23.0. The predicted molar refractivity (Wildman–Crippen MR) is 286 cm³/mol. The van der Waals surface area contributed by atoms with Crippen LogP contribution in [-0.4, -0.2) is 23.1 Å². The normalized spacial score (nSPS) is 13.3. The maximum Gasteiger partial charge on any atom is 2.00 e. The number of amidine groups is 2. The first-order valence-electron chi connectivity index (χ1n) is 23.0. The van der Waals surface area contributed by atoms with Crippen molar-refractivity contribution in [2.45, 2.75) is 6.92 Å². The first kappa shape index (κ1) is 45.1. The molecule has 9 aromatic carbocycles. The second-order valence-corrected chi connectivity index (χ2v) is 16.7. The maximum absolute atomic E-state index is 4.97. The Bertz CT molecular complexity index is 3480. The molecule has 0 atom stereocenters. The number of hydrogen-bond acceptors (Lipinski definition) is 2. The van der Waals surface area contributed by atoms with Crippen LogP contribution in [0, 0.1) is 6.92 Å². The van der Waals surface area contributed by atoms with Crippen molar-refractivity contribution in [2.75, 3.05) is 0 Å². The Morgan fingerprint density at radius 2 is 0.586 bits per heavy atom. The van der Waals surface area contributed by atoms with Crippen LogP contribution in [0.5, 0.6) is 0 Å². The maximum atomic E-state index is 4.97. The van der Waals surface area contributed by atoms with Gasteiger partial charge in [-0.25, -0.2) is 0 Å². The quantitative estimate of drug-likeness (QED) is 0.166. The summed E-state index contributed by atoms with van der Waals surface area (Å²) in [6, 6.07) is 84.4. The van der Waals surface area contributed by atoms with Gasteiger partial charge in [-0.3, -0.25) is 9.98 Å². The summed E-state index contributed by atoms with van der Waals surface area (Å²) in [6.07, 6.45) is 0. The second kappa shape index (κ2) is 20.6. The third-order valence-electron chi connectivity index (χ3n) is 12.1. The third-order valence-corrected chi connectivity index (χ3v) is 12.1. The van der Waals surface area contributed by atoms with E-state index in [1.54, 1.807) is 0 Å². The van der Waals surface area contributed by atoms with Crippen LogP contribution in [0.2, 0.25) is 0 Å². The van der Waals surface area contributed by atoms with Gasteiger partial charge >= 0.3 is 16.8 Å². The molecule has 2 aliphatic rings. The number of fused-ring (bicyclic) bond motifs is 4. The molecule has 6 nitrogen and oxygen atoms in total. The average molecular weight is 944 g/mol. The molecule has 4 heterocycles. The van der Waals surface area contributed by atoms with Crippen LogP contribution in [0.25, 0.3) is 44.1 Å². The van der Waals surface area contributed by atoms with E-state index in [0.29, 0.717) is 23.3 Å². The van der Waals surface area contributed by atoms with Crippen molar-refractivity contribution in [3.8, 4) is 22.5 Å². The standard InChI is InChI=1S/2C28H18N3.C7H8.Co/c2*1-3-11-19(12-4-1)25-21-15-7-9-17-23(21)27(29-25)31-28-24-18-10-8-16-22(24)26(30-28)20-13-5-2-6-14-20;1-7-5-3-2-4-6-7;/h2*1-18H;2-6H,1H3;/q2*-1;;+2/b2*31-27-;;. The molecular weight excluding hydrogens is 900 g/mol. The van der Waals surface area contributed by atoms with E-state index in [1.807, 2.05) is 140 Å². The molecule has 0 aliphatic carbocycles. The molecular formula is C63H44CoN6. The molecule has 0 saturated heterocycles. The molecule has 0 N–H and O–H groups in total. The Labute approximate surface area is 417 Å². The fourth-order valence-corrected chi connectivity index (χ4v) is 8.78. The number of aliphatic imine (C=N–C) groups is 4. The summed E-state index contributed by atoms with van der Waals surface area (Å²) >= 11 is 0. The van der Waals surface area contributed by atoms with Gasteiger partial charge in [0.1, 0.15) is 0 Å². The van der Waals surface area contributed by atoms with Crippen molar-refractivity contribution in [3.63, 3.8) is 0 Å². The van der Waals surface area contributed by atoms with Crippen LogP contribution in [0.3, 0.4) is 0 Å². The molecule has 0 bridgehead atoms. The van der Waals surface area contributed by atoms with Crippen molar-refractivity contribution in [2.24, 2.45) is 20.0 Å². The van der Waals surface area contributed by atoms with Crippen molar-refractivity contribution in [1.29, 1.82) is 0 Å². The summed E-state index contributed by atoms with van der Waals surface area (Å²) in [6.45, 7) is 2.08. The minimum atomic E-state index is 0. The summed E-state index contributed by atoms with van der Waals surface area (Å²) in [5.74, 6) is 2.82. The van der Waals surface area contributed by atoms with E-state index < -0.39 is 0 Å². The summed E-state index contributed by atoms with van der Waals surface area (Å²) in [7, 11) is 0. The van der Waals surface area contributed by atoms with Gasteiger partial charge in [0.2, 0.25) is 0 Å². The Kier molecular flexibility index (Phi) is 13.3. The van der Waals surface area contributed by atoms with Crippen LogP contribution in [-0.2, 0) is 16.8 Å². The predicted octanol–water partition coefficient (Wildman–Crippen LogP) is 14.8. The summed E-state index contributed by atoms with van der Waals surface area (Å²) in [5, 5.41) is 4.28. The number of nitrogens with zero attached hydrogens (tertiary/aromatic N) is 6. The number of benzene rings is 9. The van der Waals surface area contributed by atoms with Crippen molar-refractivity contribution < 1.29 is 16.8 Å². The Hall–Kier alpha value is -8.75. The molecule has 13 rings (SSSR count). The number of hydrogen-bond donors (Lipinski definition) is 0. The van der Waals surface area contributed by atoms with E-state index in [0.717, 1.165) is 88.9 Å². The van der Waals surface area contributed by atoms with Crippen molar-refractivity contribution >= 4 is 56.3 Å². The third kappa shape index (κ3) is 9.27. The number of aromatic nitrogens is 2. The van der Waals surface area contributed by atoms with Crippen LogP contribution in [0.1, 0.15) is 38.9 Å². The summed E-state index contributed by atoms with van der Waals surface area (Å²) in [5.41, 5.74) is 13.8. The van der Waals surface area contributed by atoms with Gasteiger partial charge in [0.25, 0.3) is 0 Å². The minimum Gasteiger partial charge on any atom is -0.435 e. The van der Waals surface area contributed by atoms with Gasteiger partial charge in [-0.05, 0) is 62.6 Å². The minimum absolute atomic E-state index is 0. The van der Waals surface area contributed by atoms with E-state index in [4.69, 9.17) is 29.9 Å². The van der Waals surface area contributed by atoms with Crippen LogP contribution in [0.15, 0.2) is 269 Å². The van der Waals surface area contributed by atoms with Crippen LogP contribution >= 0.6 is 0 Å². The van der Waals surface area contributed by atoms with E-state index in [1.165, 1.54) is 5.56 Å². The molecule has 1 radical (unpaired) electrons. The van der Waals surface area contributed by atoms with Gasteiger partial charge in [0.05, 0.1) is 23.1 Å². The molecule has 70 heavy (non-hydrogen) atoms. The van der Waals surface area contributed by atoms with E-state index in [2.05, 4.69) is 116 Å². The van der Waals surface area contributed by atoms with E-state index >= 15 is 0 Å². The monoisotopic (exact) mass is 943 g/mol. The van der Waals surface area contributed by atoms with Crippen molar-refractivity contribution in [3.05, 3.63) is 288 Å². The summed E-state index contributed by atoms with van der Waals surface area (Å²) in [4.78, 5) is 29.7. The molecule has 11 aromatic rings. The number of rotatable bonds is 6. The second-order valence-electron chi connectivity index (χ2n) is 16.7. The fraction of sp³-hybridized carbons (Fsp3) is 0.0159. The zero-order chi connectivity index (χ0) is 46.4. The Balaban J connectivity index is 0.000000141. The van der Waals surface area contributed by atoms with Gasteiger partial charge in [-0.1, -0.05) is 254 Å². The molecule has 0 saturated carbocycles. The van der Waals surface area contributed by atoms with Gasteiger partial charge in [0, 0.05) is 33.4 Å². The molecule has 2 aromatic heterocycles. The van der Waals surface area contributed by atoms with E-state index in [9.17, 15) is 0 Å². The van der Waals surface area contributed by atoms with Crippen LogP contribution in [0.4, 0.5) is 11.6 Å². The van der Waals surface area contributed by atoms with Gasteiger partial charge < -0.3 is 20.0 Å². The van der Waals surface area contributed by atoms with Gasteiger partial charge in [-0.15, -0.1) is 0 Å². The topological polar surface area (TPSA) is 77.6 Å². The number of aryl methyl sites for hydroxylation is 1. The molecule has 2 aliphatic heterocycles. The molecule has 335 valence electrons. The average Bonchev–Trinajstić information content (AvgIpc) is 4.19.